The Morgan fingerprint density at radius 3 is 2.76 bits per heavy atom. The molecule has 0 saturated carbocycles. The average molecular weight is 275 g/mol. The van der Waals surface area contributed by atoms with E-state index in [4.69, 9.17) is 33.7 Å². The fourth-order valence-electron chi connectivity index (χ4n) is 1.90. The van der Waals surface area contributed by atoms with Crippen LogP contribution >= 0.6 is 23.2 Å². The Kier molecular flexibility index (Phi) is 4.65. The molecule has 1 unspecified atom stereocenters. The zero-order valence-corrected chi connectivity index (χ0v) is 11.0. The third kappa shape index (κ3) is 3.57. The van der Waals surface area contributed by atoms with E-state index >= 15 is 0 Å². The fraction of sp³-hybridized carbons (Fsp3) is 0.500. The van der Waals surface area contributed by atoms with Crippen molar-refractivity contribution in [2.45, 2.75) is 18.6 Å². The molecule has 17 heavy (non-hydrogen) atoms. The van der Waals surface area contributed by atoms with E-state index in [1.165, 1.54) is 0 Å². The SMILES string of the molecule is NCC1CN[C@H](Cc2ccc(Cl)c(Cl)c2)CO1. The highest BCUT2D eigenvalue weighted by molar-refractivity contribution is 6.42. The summed E-state index contributed by atoms with van der Waals surface area (Å²) in [6, 6.07) is 6.03. The minimum atomic E-state index is 0.139. The Morgan fingerprint density at radius 2 is 2.18 bits per heavy atom. The molecular formula is C12H16Cl2N2O. The third-order valence-electron chi connectivity index (χ3n) is 2.90. The molecule has 1 heterocycles. The molecule has 3 N–H and O–H groups in total. The summed E-state index contributed by atoms with van der Waals surface area (Å²) in [4.78, 5) is 0. The number of nitrogens with one attached hydrogen (secondary N) is 1. The second-order valence-electron chi connectivity index (χ2n) is 4.25. The summed E-state index contributed by atoms with van der Waals surface area (Å²) in [7, 11) is 0. The normalized spacial score (nSPS) is 24.9. The Morgan fingerprint density at radius 1 is 1.35 bits per heavy atom. The molecule has 5 heteroatoms. The lowest BCUT2D eigenvalue weighted by molar-refractivity contribution is 0.00991. The zero-order chi connectivity index (χ0) is 12.3. The van der Waals surface area contributed by atoms with Crippen LogP contribution in [0, 0.1) is 0 Å². The Balaban J connectivity index is 1.91. The van der Waals surface area contributed by atoms with E-state index in [0.717, 1.165) is 18.5 Å². The van der Waals surface area contributed by atoms with Crippen molar-refractivity contribution in [2.75, 3.05) is 19.7 Å². The molecule has 2 atom stereocenters. The molecule has 1 aromatic rings. The summed E-state index contributed by atoms with van der Waals surface area (Å²) in [6.07, 6.45) is 1.02. The van der Waals surface area contributed by atoms with E-state index in [-0.39, 0.29) is 6.10 Å². The molecular weight excluding hydrogens is 259 g/mol. The van der Waals surface area contributed by atoms with E-state index in [9.17, 15) is 0 Å². The predicted octanol–water partition coefficient (Wildman–Crippen LogP) is 1.85. The molecule has 1 aliphatic heterocycles. The Bertz CT molecular complexity index is 379. The minimum absolute atomic E-state index is 0.139. The summed E-state index contributed by atoms with van der Waals surface area (Å²) >= 11 is 11.9. The zero-order valence-electron chi connectivity index (χ0n) is 9.46. The number of rotatable bonds is 3. The van der Waals surface area contributed by atoms with Crippen LogP contribution in [0.2, 0.25) is 10.0 Å². The van der Waals surface area contributed by atoms with Crippen molar-refractivity contribution in [3.8, 4) is 0 Å². The molecule has 2 rings (SSSR count). The highest BCUT2D eigenvalue weighted by Gasteiger charge is 2.20. The van der Waals surface area contributed by atoms with E-state index in [0.29, 0.717) is 29.2 Å². The van der Waals surface area contributed by atoms with Crippen molar-refractivity contribution in [3.05, 3.63) is 33.8 Å². The largest absolute Gasteiger partial charge is 0.374 e. The highest BCUT2D eigenvalue weighted by Crippen LogP contribution is 2.23. The predicted molar refractivity (Wildman–Crippen MR) is 70.8 cm³/mol. The van der Waals surface area contributed by atoms with Crippen LogP contribution in [0.15, 0.2) is 18.2 Å². The lowest BCUT2D eigenvalue weighted by Crippen LogP contribution is -2.49. The quantitative estimate of drug-likeness (QED) is 0.885. The van der Waals surface area contributed by atoms with Gasteiger partial charge in [0.2, 0.25) is 0 Å². The fourth-order valence-corrected chi connectivity index (χ4v) is 2.22. The second-order valence-corrected chi connectivity index (χ2v) is 5.06. The minimum Gasteiger partial charge on any atom is -0.374 e. The van der Waals surface area contributed by atoms with Crippen LogP contribution < -0.4 is 11.1 Å². The molecule has 0 aromatic heterocycles. The van der Waals surface area contributed by atoms with Crippen molar-refractivity contribution in [1.29, 1.82) is 0 Å². The van der Waals surface area contributed by atoms with Gasteiger partial charge < -0.3 is 15.8 Å². The van der Waals surface area contributed by atoms with Crippen LogP contribution in [0.4, 0.5) is 0 Å². The molecule has 0 spiro atoms. The molecule has 1 aromatic carbocycles. The summed E-state index contributed by atoms with van der Waals surface area (Å²) in [5, 5.41) is 4.61. The first-order valence-corrected chi connectivity index (χ1v) is 6.43. The topological polar surface area (TPSA) is 47.3 Å². The van der Waals surface area contributed by atoms with E-state index < -0.39 is 0 Å². The number of ether oxygens (including phenoxy) is 1. The van der Waals surface area contributed by atoms with Crippen LogP contribution in [0.3, 0.4) is 0 Å². The van der Waals surface area contributed by atoms with Gasteiger partial charge >= 0.3 is 0 Å². The summed E-state index contributed by atoms with van der Waals surface area (Å²) in [6.45, 7) is 2.05. The standard InChI is InChI=1S/C12H16Cl2N2O/c13-11-2-1-8(4-12(11)14)3-9-7-17-10(5-15)6-16-9/h1-2,4,9-10,16H,3,5-7,15H2/t9-,10?/m1/s1. The smallest absolute Gasteiger partial charge is 0.0822 e. The highest BCUT2D eigenvalue weighted by atomic mass is 35.5. The van der Waals surface area contributed by atoms with Crippen molar-refractivity contribution >= 4 is 23.2 Å². The van der Waals surface area contributed by atoms with Crippen LogP contribution in [-0.2, 0) is 11.2 Å². The van der Waals surface area contributed by atoms with Crippen molar-refractivity contribution in [2.24, 2.45) is 5.73 Å². The molecule has 0 bridgehead atoms. The van der Waals surface area contributed by atoms with Gasteiger partial charge in [0.25, 0.3) is 0 Å². The number of hydrogen-bond acceptors (Lipinski definition) is 3. The van der Waals surface area contributed by atoms with Gasteiger partial charge in [0, 0.05) is 19.1 Å². The molecule has 1 saturated heterocycles. The van der Waals surface area contributed by atoms with Crippen molar-refractivity contribution in [1.82, 2.24) is 5.32 Å². The van der Waals surface area contributed by atoms with Crippen LogP contribution in [0.25, 0.3) is 0 Å². The van der Waals surface area contributed by atoms with Gasteiger partial charge in [-0.1, -0.05) is 29.3 Å². The van der Waals surface area contributed by atoms with Gasteiger partial charge in [-0.25, -0.2) is 0 Å². The maximum absolute atomic E-state index is 5.98. The third-order valence-corrected chi connectivity index (χ3v) is 3.64. The van der Waals surface area contributed by atoms with Crippen LogP contribution in [0.1, 0.15) is 5.56 Å². The molecule has 0 radical (unpaired) electrons. The van der Waals surface area contributed by atoms with Crippen LogP contribution in [-0.4, -0.2) is 31.8 Å². The van der Waals surface area contributed by atoms with Gasteiger partial charge in [0.05, 0.1) is 22.8 Å². The average Bonchev–Trinajstić information content (AvgIpc) is 2.35. The first-order valence-electron chi connectivity index (χ1n) is 5.68. The number of nitrogens with two attached hydrogens (primary N) is 1. The van der Waals surface area contributed by atoms with Gasteiger partial charge in [-0.3, -0.25) is 0 Å². The van der Waals surface area contributed by atoms with Gasteiger partial charge in [0.15, 0.2) is 0 Å². The molecule has 1 fully saturated rings. The second kappa shape index (κ2) is 6.03. The van der Waals surface area contributed by atoms with E-state index in [1.54, 1.807) is 0 Å². The summed E-state index contributed by atoms with van der Waals surface area (Å²) in [5.74, 6) is 0. The monoisotopic (exact) mass is 274 g/mol. The summed E-state index contributed by atoms with van der Waals surface area (Å²) in [5.41, 5.74) is 6.70. The number of halogens is 2. The first-order chi connectivity index (χ1) is 8.19. The summed E-state index contributed by atoms with van der Waals surface area (Å²) < 4.78 is 5.62. The molecule has 94 valence electrons. The van der Waals surface area contributed by atoms with Gasteiger partial charge in [0.1, 0.15) is 0 Å². The van der Waals surface area contributed by atoms with Gasteiger partial charge in [-0.15, -0.1) is 0 Å². The van der Waals surface area contributed by atoms with Gasteiger partial charge in [-0.05, 0) is 24.1 Å². The molecule has 0 aliphatic carbocycles. The maximum Gasteiger partial charge on any atom is 0.0822 e. The number of benzene rings is 1. The van der Waals surface area contributed by atoms with Crippen molar-refractivity contribution in [3.63, 3.8) is 0 Å². The Labute approximate surface area is 111 Å². The van der Waals surface area contributed by atoms with E-state index in [2.05, 4.69) is 5.32 Å². The molecule has 3 nitrogen and oxygen atoms in total. The molecule has 1 aliphatic rings. The van der Waals surface area contributed by atoms with Gasteiger partial charge in [-0.2, -0.15) is 0 Å². The Hall–Kier alpha value is -0.320. The lowest BCUT2D eigenvalue weighted by Gasteiger charge is -2.29. The number of hydrogen-bond donors (Lipinski definition) is 2. The maximum atomic E-state index is 5.98. The van der Waals surface area contributed by atoms with Crippen LogP contribution in [0.5, 0.6) is 0 Å². The van der Waals surface area contributed by atoms with E-state index in [1.807, 2.05) is 18.2 Å². The van der Waals surface area contributed by atoms with Crippen molar-refractivity contribution < 1.29 is 4.74 Å². The lowest BCUT2D eigenvalue weighted by atomic mass is 10.1. The first kappa shape index (κ1) is 13.1. The number of morpholine rings is 1. The molecule has 0 amide bonds.